The number of ketones is 3. The number of hydrogen-bond acceptors (Lipinski definition) is 7. The van der Waals surface area contributed by atoms with Crippen LogP contribution in [0, 0.1) is 23.6 Å². The van der Waals surface area contributed by atoms with Gasteiger partial charge in [-0.2, -0.15) is 52.7 Å². The van der Waals surface area contributed by atoms with E-state index in [-0.39, 0.29) is 40.9 Å². The molecule has 7 nitrogen and oxygen atoms in total. The molecule has 9 rings (SSSR count). The lowest BCUT2D eigenvalue weighted by atomic mass is 9.86. The van der Waals surface area contributed by atoms with E-state index in [9.17, 15) is 71.5 Å². The maximum absolute atomic E-state index is 13.9. The van der Waals surface area contributed by atoms with Gasteiger partial charge in [0.15, 0.2) is 0 Å². The standard InChI is InChI=1S/C27H23F7O2.C27H27F3O3.C26H24ClF3O2/c1-15(2)8-25(16(3)35)19-9-18(17-4-6-20(7-5-17)26(29,30)31)10-23(11-19)36-24-13-21(27(32,33)34)12-22(28)14-24;1-17(2)13-26(18(3)31)21-14-20(19-5-7-22(8-6-19)27(28,29)30)15-25(16-21)33-24-11-9-23(32-4)10-12-24;1-16(2)12-25(17(3)31)20-13-19(18-4-6-21(7-5-18)26(28,29)30)14-24(15-20)32-23-10-8-22(27)9-11-23/h4-7,9-15,25H,8H2,1-3H3;5-12,14-17,26H,13H2,1-4H3;4-11,13-16,25H,12H2,1-3H3. The minimum atomic E-state index is -4.80. The summed E-state index contributed by atoms with van der Waals surface area (Å²) < 4.78 is 193. The molecule has 0 aliphatic carbocycles. The zero-order valence-electron chi connectivity index (χ0n) is 56.7. The first-order chi connectivity index (χ1) is 47.2. The number of methoxy groups -OCH3 is 1. The zero-order valence-corrected chi connectivity index (χ0v) is 57.5. The van der Waals surface area contributed by atoms with Crippen molar-refractivity contribution in [1.29, 1.82) is 0 Å². The van der Waals surface area contributed by atoms with Crippen molar-refractivity contribution in [3.8, 4) is 73.6 Å². The van der Waals surface area contributed by atoms with Crippen LogP contribution in [-0.4, -0.2) is 24.5 Å². The van der Waals surface area contributed by atoms with Gasteiger partial charge in [-0.25, -0.2) is 4.39 Å². The van der Waals surface area contributed by atoms with Crippen LogP contribution in [0.5, 0.6) is 40.2 Å². The van der Waals surface area contributed by atoms with Crippen LogP contribution in [0.3, 0.4) is 0 Å². The smallest absolute Gasteiger partial charge is 0.416 e. The summed E-state index contributed by atoms with van der Waals surface area (Å²) in [6.07, 6.45) is -16.4. The first kappa shape index (κ1) is 78.9. The molecule has 0 N–H and O–H groups in total. The summed E-state index contributed by atoms with van der Waals surface area (Å²) >= 11 is 5.94. The normalized spacial score (nSPS) is 12.7. The average Bonchev–Trinajstić information content (AvgIpc) is 0.813. The molecule has 0 heterocycles. The molecular formula is C80H74ClF13O7. The van der Waals surface area contributed by atoms with Crippen molar-refractivity contribution in [2.24, 2.45) is 17.8 Å². The SMILES string of the molecule is CC(=O)C(CC(C)C)c1cc(Oc2cc(F)cc(C(F)(F)F)c2)cc(-c2ccc(C(F)(F)F)cc2)c1.CC(=O)C(CC(C)C)c1cc(Oc2ccc(Cl)cc2)cc(-c2ccc(C(F)(F)F)cc2)c1.COc1ccc(Oc2cc(-c3ccc(C(F)(F)F)cc3)cc(C(CC(C)C)C(C)=O)c2)cc1. The van der Waals surface area contributed by atoms with Gasteiger partial charge in [0.2, 0.25) is 0 Å². The lowest BCUT2D eigenvalue weighted by Crippen LogP contribution is -2.12. The van der Waals surface area contributed by atoms with Crippen LogP contribution in [0.15, 0.2) is 194 Å². The molecule has 0 saturated carbocycles. The van der Waals surface area contributed by atoms with Crippen molar-refractivity contribution < 1.29 is 90.4 Å². The molecule has 21 heteroatoms. The predicted molar refractivity (Wildman–Crippen MR) is 365 cm³/mol. The largest absolute Gasteiger partial charge is 0.497 e. The van der Waals surface area contributed by atoms with Crippen molar-refractivity contribution in [3.05, 3.63) is 244 Å². The third-order valence-corrected chi connectivity index (χ3v) is 16.3. The summed E-state index contributed by atoms with van der Waals surface area (Å²) in [5.74, 6) is 0.616. The highest BCUT2D eigenvalue weighted by atomic mass is 35.5. The zero-order chi connectivity index (χ0) is 74.5. The number of benzene rings is 9. The quantitative estimate of drug-likeness (QED) is 0.0625. The van der Waals surface area contributed by atoms with Gasteiger partial charge in [0.1, 0.15) is 63.4 Å². The summed E-state index contributed by atoms with van der Waals surface area (Å²) in [6.45, 7) is 16.5. The molecule has 0 amide bonds. The third-order valence-electron chi connectivity index (χ3n) is 16.0. The van der Waals surface area contributed by atoms with Gasteiger partial charge < -0.3 is 18.9 Å². The molecule has 101 heavy (non-hydrogen) atoms. The molecular weight excluding hydrogens is 1360 g/mol. The van der Waals surface area contributed by atoms with Crippen molar-refractivity contribution in [3.63, 3.8) is 0 Å². The first-order valence-corrected chi connectivity index (χ1v) is 32.4. The van der Waals surface area contributed by atoms with Gasteiger partial charge in [0.25, 0.3) is 0 Å². The van der Waals surface area contributed by atoms with Gasteiger partial charge in [-0.05, 0) is 241 Å². The number of hydrogen-bond donors (Lipinski definition) is 0. The molecule has 0 aromatic heterocycles. The van der Waals surface area contributed by atoms with Gasteiger partial charge in [-0.1, -0.05) is 108 Å². The molecule has 0 aliphatic rings. The molecule has 0 saturated heterocycles. The topological polar surface area (TPSA) is 88.1 Å². The van der Waals surface area contributed by atoms with Crippen LogP contribution in [0.25, 0.3) is 33.4 Å². The van der Waals surface area contributed by atoms with E-state index in [0.717, 1.165) is 53.6 Å². The average molecular weight is 1430 g/mol. The van der Waals surface area contributed by atoms with Crippen LogP contribution in [0.2, 0.25) is 5.02 Å². The first-order valence-electron chi connectivity index (χ1n) is 32.0. The summed E-state index contributed by atoms with van der Waals surface area (Å²) in [7, 11) is 1.58. The van der Waals surface area contributed by atoms with Crippen LogP contribution in [0.1, 0.15) is 138 Å². The molecule has 0 spiro atoms. The Hall–Kier alpha value is -9.43. The molecule has 0 radical (unpaired) electrons. The third kappa shape index (κ3) is 23.3. The summed E-state index contributed by atoms with van der Waals surface area (Å²) in [4.78, 5) is 37.3. The number of rotatable bonds is 22. The Kier molecular flexibility index (Phi) is 26.4. The van der Waals surface area contributed by atoms with Gasteiger partial charge in [0, 0.05) is 28.8 Å². The summed E-state index contributed by atoms with van der Waals surface area (Å²) in [6, 6.07) is 45.4. The Labute approximate surface area is 583 Å². The van der Waals surface area contributed by atoms with Crippen molar-refractivity contribution >= 4 is 29.0 Å². The Morgan fingerprint density at radius 2 is 0.594 bits per heavy atom. The van der Waals surface area contributed by atoms with E-state index < -0.39 is 64.4 Å². The molecule has 3 unspecified atom stereocenters. The second-order valence-corrected chi connectivity index (χ2v) is 26.0. The Morgan fingerprint density at radius 1 is 0.327 bits per heavy atom. The Balaban J connectivity index is 0.000000213. The second kappa shape index (κ2) is 33.8. The van der Waals surface area contributed by atoms with Crippen LogP contribution in [-0.2, 0) is 39.1 Å². The molecule has 0 aliphatic heterocycles. The highest BCUT2D eigenvalue weighted by Gasteiger charge is 2.34. The minimum Gasteiger partial charge on any atom is -0.497 e. The fourth-order valence-electron chi connectivity index (χ4n) is 11.1. The van der Waals surface area contributed by atoms with Crippen molar-refractivity contribution in [2.75, 3.05) is 7.11 Å². The van der Waals surface area contributed by atoms with Crippen molar-refractivity contribution in [2.45, 2.75) is 124 Å². The number of halogens is 14. The monoisotopic (exact) mass is 1430 g/mol. The van der Waals surface area contributed by atoms with E-state index in [1.54, 1.807) is 87.7 Å². The maximum Gasteiger partial charge on any atom is 0.416 e. The number of carbonyl (C=O) groups is 3. The van der Waals surface area contributed by atoms with Crippen LogP contribution in [0.4, 0.5) is 57.1 Å². The molecule has 3 atom stereocenters. The summed E-state index contributed by atoms with van der Waals surface area (Å²) in [5.41, 5.74) is 1.85. The number of carbonyl (C=O) groups excluding carboxylic acids is 3. The molecule has 9 aromatic carbocycles. The van der Waals surface area contributed by atoms with E-state index in [4.69, 9.17) is 30.5 Å². The molecule has 9 aromatic rings. The highest BCUT2D eigenvalue weighted by Crippen LogP contribution is 2.42. The fraction of sp³-hybridized carbons (Fsp3) is 0.287. The van der Waals surface area contributed by atoms with E-state index >= 15 is 0 Å². The number of ether oxygens (including phenoxy) is 4. The minimum absolute atomic E-state index is 0.0103. The van der Waals surface area contributed by atoms with E-state index in [0.29, 0.717) is 116 Å². The highest BCUT2D eigenvalue weighted by molar-refractivity contribution is 6.30. The lowest BCUT2D eigenvalue weighted by Gasteiger charge is -2.19. The fourth-order valence-corrected chi connectivity index (χ4v) is 11.2. The van der Waals surface area contributed by atoms with E-state index in [2.05, 4.69) is 0 Å². The van der Waals surface area contributed by atoms with Crippen LogP contribution < -0.4 is 18.9 Å². The second-order valence-electron chi connectivity index (χ2n) is 25.6. The van der Waals surface area contributed by atoms with Gasteiger partial charge >= 0.3 is 24.7 Å². The van der Waals surface area contributed by atoms with Gasteiger partial charge in [0.05, 0.1) is 29.4 Å². The van der Waals surface area contributed by atoms with Crippen LogP contribution >= 0.6 is 11.6 Å². The number of alkyl halides is 12. The predicted octanol–water partition coefficient (Wildman–Crippen LogP) is 25.5. The Bertz CT molecular complexity index is 4260. The van der Waals surface area contributed by atoms with E-state index in [1.807, 2.05) is 65.8 Å². The molecule has 0 bridgehead atoms. The van der Waals surface area contributed by atoms with E-state index in [1.165, 1.54) is 55.5 Å². The molecule has 0 fully saturated rings. The molecule has 534 valence electrons. The maximum atomic E-state index is 13.9. The number of Topliss-reactive ketones (excluding diaryl/α,β-unsaturated/α-hetero) is 3. The van der Waals surface area contributed by atoms with Gasteiger partial charge in [-0.15, -0.1) is 0 Å². The Morgan fingerprint density at radius 3 is 0.861 bits per heavy atom. The summed E-state index contributed by atoms with van der Waals surface area (Å²) in [5, 5.41) is 0.574. The van der Waals surface area contributed by atoms with Gasteiger partial charge in [-0.3, -0.25) is 14.4 Å². The lowest BCUT2D eigenvalue weighted by molar-refractivity contribution is -0.138. The van der Waals surface area contributed by atoms with Crippen molar-refractivity contribution in [1.82, 2.24) is 0 Å².